The van der Waals surface area contributed by atoms with Crippen LogP contribution in [0, 0.1) is 12.3 Å². The van der Waals surface area contributed by atoms with E-state index in [2.05, 4.69) is 10.1 Å². The van der Waals surface area contributed by atoms with Gasteiger partial charge in [-0.25, -0.2) is 9.67 Å². The maximum atomic E-state index is 13.2. The van der Waals surface area contributed by atoms with Gasteiger partial charge in [0.25, 0.3) is 10.1 Å². The van der Waals surface area contributed by atoms with Crippen molar-refractivity contribution in [3.63, 3.8) is 0 Å². The Bertz CT molecular complexity index is 1170. The van der Waals surface area contributed by atoms with E-state index in [-0.39, 0.29) is 10.6 Å². The van der Waals surface area contributed by atoms with Crippen molar-refractivity contribution >= 4 is 10.1 Å². The monoisotopic (exact) mass is 483 g/mol. The maximum absolute atomic E-state index is 13.2. The minimum atomic E-state index is -4.57. The van der Waals surface area contributed by atoms with Crippen molar-refractivity contribution in [2.45, 2.75) is 51.1 Å². The van der Waals surface area contributed by atoms with Crippen LogP contribution in [0.25, 0.3) is 0 Å². The van der Waals surface area contributed by atoms with Gasteiger partial charge in [-0.1, -0.05) is 44.5 Å². The van der Waals surface area contributed by atoms with Crippen molar-refractivity contribution in [2.75, 3.05) is 0 Å². The molecule has 0 bridgehead atoms. The third-order valence-corrected chi connectivity index (χ3v) is 6.08. The molecule has 0 aliphatic rings. The van der Waals surface area contributed by atoms with Gasteiger partial charge in [-0.3, -0.25) is 4.18 Å². The zero-order valence-corrected chi connectivity index (χ0v) is 19.3. The zero-order valence-electron chi connectivity index (χ0n) is 18.4. The van der Waals surface area contributed by atoms with Crippen LogP contribution in [0.15, 0.2) is 66.1 Å². The Balaban J connectivity index is 2.02. The second-order valence-corrected chi connectivity index (χ2v) is 10.1. The van der Waals surface area contributed by atoms with Crippen molar-refractivity contribution < 1.29 is 30.5 Å². The molecular formula is C22H24F3N3O4S. The summed E-state index contributed by atoms with van der Waals surface area (Å²) < 4.78 is 78.3. The largest absolute Gasteiger partial charge is 0.466 e. The molecule has 1 aromatic heterocycles. The normalized spacial score (nSPS) is 14.6. The lowest BCUT2D eigenvalue weighted by Crippen LogP contribution is -2.42. The quantitative estimate of drug-likeness (QED) is 0.440. The van der Waals surface area contributed by atoms with E-state index in [4.69, 9.17) is 8.92 Å². The maximum Gasteiger partial charge on any atom is 0.416 e. The van der Waals surface area contributed by atoms with Gasteiger partial charge in [-0.05, 0) is 42.7 Å². The third kappa shape index (κ3) is 6.11. The number of rotatable bonds is 7. The fourth-order valence-electron chi connectivity index (χ4n) is 3.01. The molecule has 0 fully saturated rings. The first-order valence-electron chi connectivity index (χ1n) is 9.95. The van der Waals surface area contributed by atoms with Crippen molar-refractivity contribution in [2.24, 2.45) is 5.41 Å². The summed E-state index contributed by atoms with van der Waals surface area (Å²) in [5, 5.41) is 4.02. The second-order valence-electron chi connectivity index (χ2n) is 8.56. The number of nitrogens with zero attached hydrogens (tertiary/aromatic N) is 3. The molecule has 0 spiro atoms. The molecule has 0 aliphatic heterocycles. The fourth-order valence-corrected chi connectivity index (χ4v) is 4.24. The van der Waals surface area contributed by atoms with Crippen LogP contribution in [0.1, 0.15) is 38.1 Å². The van der Waals surface area contributed by atoms with Crippen LogP contribution in [0.2, 0.25) is 0 Å². The molecule has 0 saturated carbocycles. The van der Waals surface area contributed by atoms with Gasteiger partial charge in [0.15, 0.2) is 0 Å². The molecular weight excluding hydrogens is 459 g/mol. The molecule has 3 rings (SSSR count). The van der Waals surface area contributed by atoms with Gasteiger partial charge in [-0.15, -0.1) is 0 Å². The molecule has 3 aromatic rings. The van der Waals surface area contributed by atoms with Crippen LogP contribution in [0.5, 0.6) is 5.75 Å². The van der Waals surface area contributed by atoms with E-state index in [9.17, 15) is 21.6 Å². The molecule has 0 amide bonds. The summed E-state index contributed by atoms with van der Waals surface area (Å²) in [7, 11) is -4.24. The van der Waals surface area contributed by atoms with Gasteiger partial charge < -0.3 is 4.74 Å². The Morgan fingerprint density at radius 3 is 2.24 bits per heavy atom. The Morgan fingerprint density at radius 1 is 1.03 bits per heavy atom. The lowest BCUT2D eigenvalue weighted by molar-refractivity contribution is -0.137. The van der Waals surface area contributed by atoms with E-state index >= 15 is 0 Å². The second kappa shape index (κ2) is 9.14. The molecule has 0 radical (unpaired) electrons. The fraction of sp³-hybridized carbons (Fsp3) is 0.364. The number of aryl methyl sites for hydroxylation is 1. The summed E-state index contributed by atoms with van der Waals surface area (Å²) >= 11 is 0. The summed E-state index contributed by atoms with van der Waals surface area (Å²) in [5.41, 5.74) is -0.872. The number of aromatic nitrogens is 3. The Hall–Kier alpha value is -2.92. The summed E-state index contributed by atoms with van der Waals surface area (Å²) in [6, 6.07) is 10.4. The SMILES string of the molecule is Cc1ccc(S(=O)(=O)OC(C(Oc2cccc(C(F)(F)F)c2)n2cncn2)C(C)(C)C)cc1. The summed E-state index contributed by atoms with van der Waals surface area (Å²) in [5.74, 6) is -0.129. The van der Waals surface area contributed by atoms with Crippen LogP contribution < -0.4 is 4.74 Å². The van der Waals surface area contributed by atoms with Crippen LogP contribution in [-0.2, 0) is 20.5 Å². The molecule has 11 heteroatoms. The van der Waals surface area contributed by atoms with E-state index < -0.39 is 39.6 Å². The summed E-state index contributed by atoms with van der Waals surface area (Å²) in [6.45, 7) is 6.99. The van der Waals surface area contributed by atoms with E-state index in [1.165, 1.54) is 41.6 Å². The van der Waals surface area contributed by atoms with Crippen LogP contribution >= 0.6 is 0 Å². The molecule has 0 saturated heterocycles. The first-order chi connectivity index (χ1) is 15.3. The average Bonchev–Trinajstić information content (AvgIpc) is 3.24. The third-order valence-electron chi connectivity index (χ3n) is 4.77. The minimum absolute atomic E-state index is 0.0567. The molecule has 33 heavy (non-hydrogen) atoms. The highest BCUT2D eigenvalue weighted by Crippen LogP contribution is 2.37. The summed E-state index contributed by atoms with van der Waals surface area (Å²) in [4.78, 5) is 3.80. The predicted octanol–water partition coefficient (Wildman–Crippen LogP) is 5.00. The molecule has 7 nitrogen and oxygen atoms in total. The van der Waals surface area contributed by atoms with E-state index in [0.717, 1.165) is 17.7 Å². The lowest BCUT2D eigenvalue weighted by atomic mass is 9.88. The highest BCUT2D eigenvalue weighted by molar-refractivity contribution is 7.86. The van der Waals surface area contributed by atoms with E-state index in [1.54, 1.807) is 32.9 Å². The summed E-state index contributed by atoms with van der Waals surface area (Å²) in [6.07, 6.45) is -4.51. The predicted molar refractivity (Wildman–Crippen MR) is 114 cm³/mol. The minimum Gasteiger partial charge on any atom is -0.466 e. The number of hydrogen-bond acceptors (Lipinski definition) is 6. The van der Waals surface area contributed by atoms with Gasteiger partial charge in [0.05, 0.1) is 10.5 Å². The molecule has 178 valence electrons. The average molecular weight is 484 g/mol. The Kier molecular flexibility index (Phi) is 6.85. The molecule has 0 N–H and O–H groups in total. The first-order valence-corrected chi connectivity index (χ1v) is 11.4. The standard InChI is InChI=1S/C22H24F3N3O4S/c1-15-8-10-18(11-9-15)33(29,30)32-19(21(2,3)4)20(28-14-26-13-27-28)31-17-7-5-6-16(12-17)22(23,24)25/h5-14,19-20H,1-4H3. The lowest BCUT2D eigenvalue weighted by Gasteiger charge is -2.35. The number of alkyl halides is 3. The van der Waals surface area contributed by atoms with Crippen LogP contribution in [0.3, 0.4) is 0 Å². The molecule has 2 aromatic carbocycles. The molecule has 1 heterocycles. The molecule has 2 atom stereocenters. The van der Waals surface area contributed by atoms with E-state index in [0.29, 0.717) is 0 Å². The molecule has 2 unspecified atom stereocenters. The number of halogens is 3. The topological polar surface area (TPSA) is 83.3 Å². The molecule has 0 aliphatic carbocycles. The highest BCUT2D eigenvalue weighted by Gasteiger charge is 2.41. The van der Waals surface area contributed by atoms with Gasteiger partial charge in [0, 0.05) is 0 Å². The first kappa shape index (κ1) is 24.7. The number of hydrogen-bond donors (Lipinski definition) is 0. The number of ether oxygens (including phenoxy) is 1. The van der Waals surface area contributed by atoms with E-state index in [1.807, 2.05) is 6.92 Å². The van der Waals surface area contributed by atoms with Crippen LogP contribution in [0.4, 0.5) is 13.2 Å². The zero-order chi connectivity index (χ0) is 24.4. The highest BCUT2D eigenvalue weighted by atomic mass is 32.2. The smallest absolute Gasteiger partial charge is 0.416 e. The van der Waals surface area contributed by atoms with Crippen molar-refractivity contribution in [3.8, 4) is 5.75 Å². The van der Waals surface area contributed by atoms with Gasteiger partial charge in [-0.2, -0.15) is 26.7 Å². The van der Waals surface area contributed by atoms with Gasteiger partial charge in [0.1, 0.15) is 24.5 Å². The van der Waals surface area contributed by atoms with Crippen molar-refractivity contribution in [1.82, 2.24) is 14.8 Å². The Labute approximate surface area is 190 Å². The Morgan fingerprint density at radius 2 is 1.70 bits per heavy atom. The van der Waals surface area contributed by atoms with Crippen molar-refractivity contribution in [3.05, 3.63) is 72.3 Å². The van der Waals surface area contributed by atoms with Gasteiger partial charge in [0.2, 0.25) is 6.23 Å². The van der Waals surface area contributed by atoms with Crippen molar-refractivity contribution in [1.29, 1.82) is 0 Å². The van der Waals surface area contributed by atoms with Crippen LogP contribution in [-0.4, -0.2) is 29.3 Å². The van der Waals surface area contributed by atoms with Gasteiger partial charge >= 0.3 is 6.18 Å². The number of benzene rings is 2.